The molecule has 0 atom stereocenters. The van der Waals surface area contributed by atoms with E-state index in [9.17, 15) is 9.90 Å². The molecule has 6 nitrogen and oxygen atoms in total. The molecule has 2 N–H and O–H groups in total. The van der Waals surface area contributed by atoms with Crippen LogP contribution in [0.15, 0.2) is 6.07 Å². The van der Waals surface area contributed by atoms with Crippen LogP contribution in [0.2, 0.25) is 0 Å². The van der Waals surface area contributed by atoms with Gasteiger partial charge in [-0.15, -0.1) is 0 Å². The third-order valence-corrected chi connectivity index (χ3v) is 3.76. The minimum Gasteiger partial charge on any atom is -0.481 e. The van der Waals surface area contributed by atoms with Gasteiger partial charge in [-0.1, -0.05) is 25.7 Å². The lowest BCUT2D eigenvalue weighted by molar-refractivity contribution is -0.142. The molecule has 6 heteroatoms. The molecule has 0 unspecified atom stereocenters. The number of nitrogens with zero attached hydrogens (tertiary/aromatic N) is 2. The second-order valence-corrected chi connectivity index (χ2v) is 5.30. The van der Waals surface area contributed by atoms with Crippen LogP contribution in [-0.4, -0.2) is 33.7 Å². The van der Waals surface area contributed by atoms with Crippen LogP contribution in [-0.2, 0) is 4.79 Å². The highest BCUT2D eigenvalue weighted by atomic mass is 16.5. The van der Waals surface area contributed by atoms with Gasteiger partial charge in [-0.25, -0.2) is 9.78 Å². The molecule has 1 heterocycles. The third-order valence-electron chi connectivity index (χ3n) is 3.76. The van der Waals surface area contributed by atoms with Crippen molar-refractivity contribution in [1.82, 2.24) is 9.97 Å². The Balaban J connectivity index is 2.27. The lowest BCUT2D eigenvalue weighted by Gasteiger charge is -2.29. The number of carboxylic acid groups (broad SMARTS) is 1. The van der Waals surface area contributed by atoms with Crippen LogP contribution in [0, 0.1) is 6.92 Å². The van der Waals surface area contributed by atoms with Crippen LogP contribution in [0.1, 0.15) is 44.2 Å². The van der Waals surface area contributed by atoms with Gasteiger partial charge in [0.15, 0.2) is 0 Å². The number of aliphatic carboxylic acids is 1. The molecule has 0 radical (unpaired) electrons. The van der Waals surface area contributed by atoms with Crippen LogP contribution in [0.5, 0.6) is 5.88 Å². The van der Waals surface area contributed by atoms with Gasteiger partial charge in [0.1, 0.15) is 5.54 Å². The Morgan fingerprint density at radius 1 is 1.30 bits per heavy atom. The molecule has 0 bridgehead atoms. The molecule has 0 aromatic carbocycles. The molecule has 1 fully saturated rings. The average molecular weight is 279 g/mol. The molecule has 0 aliphatic heterocycles. The zero-order valence-electron chi connectivity index (χ0n) is 12.0. The quantitative estimate of drug-likeness (QED) is 0.823. The van der Waals surface area contributed by atoms with Crippen LogP contribution in [0.25, 0.3) is 0 Å². The molecular formula is C14H21N3O3. The average Bonchev–Trinajstić information content (AvgIpc) is 2.64. The van der Waals surface area contributed by atoms with E-state index in [2.05, 4.69) is 15.3 Å². The Morgan fingerprint density at radius 2 is 1.95 bits per heavy atom. The first kappa shape index (κ1) is 14.6. The smallest absolute Gasteiger partial charge is 0.329 e. The minimum absolute atomic E-state index is 0.325. The predicted molar refractivity (Wildman–Crippen MR) is 75.0 cm³/mol. The third kappa shape index (κ3) is 3.18. The van der Waals surface area contributed by atoms with Crippen molar-refractivity contribution in [3.05, 3.63) is 11.8 Å². The van der Waals surface area contributed by atoms with Gasteiger partial charge in [-0.05, 0) is 19.8 Å². The van der Waals surface area contributed by atoms with Crippen molar-refractivity contribution in [3.8, 4) is 5.88 Å². The number of anilines is 1. The Morgan fingerprint density at radius 3 is 2.50 bits per heavy atom. The molecule has 2 rings (SSSR count). The van der Waals surface area contributed by atoms with Crippen LogP contribution >= 0.6 is 0 Å². The highest BCUT2D eigenvalue weighted by Crippen LogP contribution is 2.30. The first-order valence-corrected chi connectivity index (χ1v) is 6.97. The maximum atomic E-state index is 11.7. The van der Waals surface area contributed by atoms with Gasteiger partial charge in [0, 0.05) is 11.8 Å². The first-order chi connectivity index (χ1) is 9.55. The molecule has 1 aromatic heterocycles. The van der Waals surface area contributed by atoms with Gasteiger partial charge in [0.25, 0.3) is 0 Å². The zero-order valence-corrected chi connectivity index (χ0v) is 12.0. The number of carboxylic acids is 1. The zero-order chi connectivity index (χ0) is 14.6. The highest BCUT2D eigenvalue weighted by molar-refractivity contribution is 5.82. The maximum Gasteiger partial charge on any atom is 0.329 e. The van der Waals surface area contributed by atoms with E-state index in [4.69, 9.17) is 4.74 Å². The second kappa shape index (κ2) is 6.07. The first-order valence-electron chi connectivity index (χ1n) is 6.97. The van der Waals surface area contributed by atoms with Gasteiger partial charge in [-0.2, -0.15) is 4.98 Å². The Bertz CT molecular complexity index is 483. The van der Waals surface area contributed by atoms with E-state index < -0.39 is 11.5 Å². The molecule has 0 spiro atoms. The number of aryl methyl sites for hydroxylation is 1. The van der Waals surface area contributed by atoms with Gasteiger partial charge in [0.2, 0.25) is 11.8 Å². The summed E-state index contributed by atoms with van der Waals surface area (Å²) in [5.74, 6) is -0.0659. The summed E-state index contributed by atoms with van der Waals surface area (Å²) in [5, 5.41) is 12.7. The van der Waals surface area contributed by atoms with E-state index in [0.29, 0.717) is 24.7 Å². The molecule has 1 aromatic rings. The topological polar surface area (TPSA) is 84.3 Å². The number of hydrogen-bond donors (Lipinski definition) is 2. The largest absolute Gasteiger partial charge is 0.481 e. The second-order valence-electron chi connectivity index (χ2n) is 5.30. The molecule has 0 saturated heterocycles. The van der Waals surface area contributed by atoms with Gasteiger partial charge >= 0.3 is 5.97 Å². The number of rotatable bonds is 4. The summed E-state index contributed by atoms with van der Waals surface area (Å²) in [7, 11) is 1.53. The molecule has 0 amide bonds. The van der Waals surface area contributed by atoms with Crippen molar-refractivity contribution in [2.24, 2.45) is 0 Å². The summed E-state index contributed by atoms with van der Waals surface area (Å²) in [6.45, 7) is 1.83. The van der Waals surface area contributed by atoms with Crippen LogP contribution < -0.4 is 10.1 Å². The normalized spacial score (nSPS) is 18.1. The summed E-state index contributed by atoms with van der Waals surface area (Å²) >= 11 is 0. The van der Waals surface area contributed by atoms with Crippen molar-refractivity contribution in [2.75, 3.05) is 12.4 Å². The lowest BCUT2D eigenvalue weighted by atomic mass is 9.90. The molecule has 1 aliphatic rings. The fraction of sp³-hybridized carbons (Fsp3) is 0.643. The number of hydrogen-bond acceptors (Lipinski definition) is 5. The summed E-state index contributed by atoms with van der Waals surface area (Å²) in [4.78, 5) is 20.2. The maximum absolute atomic E-state index is 11.7. The Hall–Kier alpha value is -1.85. The van der Waals surface area contributed by atoms with Gasteiger partial charge in [-0.3, -0.25) is 0 Å². The number of carbonyl (C=O) groups is 1. The van der Waals surface area contributed by atoms with Crippen molar-refractivity contribution in [3.63, 3.8) is 0 Å². The fourth-order valence-electron chi connectivity index (χ4n) is 2.64. The number of aromatic nitrogens is 2. The standard InChI is InChI=1S/C14H21N3O3/c1-10-9-11(20-2)16-13(15-10)17-14(12(18)19)7-5-3-4-6-8-14/h9H,3-8H2,1-2H3,(H,18,19)(H,15,16,17). The van der Waals surface area contributed by atoms with Crippen LogP contribution in [0.3, 0.4) is 0 Å². The van der Waals surface area contributed by atoms with E-state index >= 15 is 0 Å². The van der Waals surface area contributed by atoms with E-state index in [1.165, 1.54) is 7.11 Å². The summed E-state index contributed by atoms with van der Waals surface area (Å²) < 4.78 is 5.10. The van der Waals surface area contributed by atoms with E-state index in [0.717, 1.165) is 31.4 Å². The fourth-order valence-corrected chi connectivity index (χ4v) is 2.64. The summed E-state index contributed by atoms with van der Waals surface area (Å²) in [6.07, 6.45) is 5.16. The van der Waals surface area contributed by atoms with Crippen molar-refractivity contribution < 1.29 is 14.6 Å². The highest BCUT2D eigenvalue weighted by Gasteiger charge is 2.39. The Labute approximate surface area is 118 Å². The summed E-state index contributed by atoms with van der Waals surface area (Å²) in [6, 6.07) is 1.71. The monoisotopic (exact) mass is 279 g/mol. The number of methoxy groups -OCH3 is 1. The van der Waals surface area contributed by atoms with Gasteiger partial charge < -0.3 is 15.2 Å². The molecule has 1 saturated carbocycles. The molecular weight excluding hydrogens is 258 g/mol. The van der Waals surface area contributed by atoms with Crippen LogP contribution in [0.4, 0.5) is 5.95 Å². The van der Waals surface area contributed by atoms with Crippen molar-refractivity contribution in [1.29, 1.82) is 0 Å². The Kier molecular flexibility index (Phi) is 4.42. The predicted octanol–water partition coefficient (Wildman–Crippen LogP) is 2.38. The molecule has 1 aliphatic carbocycles. The number of nitrogens with one attached hydrogen (secondary N) is 1. The van der Waals surface area contributed by atoms with E-state index in [1.54, 1.807) is 6.07 Å². The summed E-state index contributed by atoms with van der Waals surface area (Å²) in [5.41, 5.74) is -0.219. The minimum atomic E-state index is -0.963. The van der Waals surface area contributed by atoms with Gasteiger partial charge in [0.05, 0.1) is 7.11 Å². The molecule has 20 heavy (non-hydrogen) atoms. The van der Waals surface area contributed by atoms with E-state index in [-0.39, 0.29) is 0 Å². The van der Waals surface area contributed by atoms with E-state index in [1.807, 2.05) is 6.92 Å². The van der Waals surface area contributed by atoms with Crippen molar-refractivity contribution >= 4 is 11.9 Å². The SMILES string of the molecule is COc1cc(C)nc(NC2(C(=O)O)CCCCCC2)n1. The lowest BCUT2D eigenvalue weighted by Crippen LogP contribution is -2.46. The number of ether oxygens (including phenoxy) is 1. The van der Waals surface area contributed by atoms with Crippen molar-refractivity contribution in [2.45, 2.75) is 51.0 Å². The molecule has 110 valence electrons.